The highest BCUT2D eigenvalue weighted by Crippen LogP contribution is 2.26. The molecule has 1 aromatic heterocycles. The van der Waals surface area contributed by atoms with Crippen molar-refractivity contribution >= 4 is 10.0 Å². The van der Waals surface area contributed by atoms with Gasteiger partial charge < -0.3 is 9.88 Å². The molecule has 1 heterocycles. The molecule has 0 atom stereocenters. The standard InChI is InChI=1S/C12H22N4O2S/c1-13-10-4-6-11(7-5-10)16(3)19(17,18)12-8-15(2)9-14-12/h8-11,13H,4-7H2,1-3H3. The van der Waals surface area contributed by atoms with Gasteiger partial charge in [0.25, 0.3) is 10.0 Å². The van der Waals surface area contributed by atoms with Crippen LogP contribution in [0.3, 0.4) is 0 Å². The van der Waals surface area contributed by atoms with Crippen molar-refractivity contribution in [2.24, 2.45) is 7.05 Å². The minimum Gasteiger partial charge on any atom is -0.339 e. The highest BCUT2D eigenvalue weighted by atomic mass is 32.2. The zero-order valence-electron chi connectivity index (χ0n) is 11.7. The van der Waals surface area contributed by atoms with Crippen molar-refractivity contribution in [3.63, 3.8) is 0 Å². The number of aryl methyl sites for hydroxylation is 1. The summed E-state index contributed by atoms with van der Waals surface area (Å²) in [5.41, 5.74) is 0. The van der Waals surface area contributed by atoms with Crippen LogP contribution >= 0.6 is 0 Å². The zero-order valence-corrected chi connectivity index (χ0v) is 12.5. The van der Waals surface area contributed by atoms with Gasteiger partial charge in [-0.05, 0) is 32.7 Å². The van der Waals surface area contributed by atoms with Crippen molar-refractivity contribution in [2.45, 2.75) is 42.8 Å². The van der Waals surface area contributed by atoms with E-state index in [-0.39, 0.29) is 11.1 Å². The zero-order chi connectivity index (χ0) is 14.0. The van der Waals surface area contributed by atoms with Gasteiger partial charge in [-0.3, -0.25) is 0 Å². The first-order valence-electron chi connectivity index (χ1n) is 6.58. The van der Waals surface area contributed by atoms with E-state index in [1.54, 1.807) is 24.9 Å². The first-order chi connectivity index (χ1) is 8.95. The number of hydrogen-bond donors (Lipinski definition) is 1. The van der Waals surface area contributed by atoms with Crippen molar-refractivity contribution in [3.8, 4) is 0 Å². The third-order valence-electron chi connectivity index (χ3n) is 3.94. The molecule has 19 heavy (non-hydrogen) atoms. The average molecular weight is 286 g/mol. The fraction of sp³-hybridized carbons (Fsp3) is 0.750. The molecule has 0 amide bonds. The highest BCUT2D eigenvalue weighted by Gasteiger charge is 2.32. The summed E-state index contributed by atoms with van der Waals surface area (Å²) in [6.45, 7) is 0. The number of nitrogens with zero attached hydrogens (tertiary/aromatic N) is 3. The summed E-state index contributed by atoms with van der Waals surface area (Å²) >= 11 is 0. The lowest BCUT2D eigenvalue weighted by molar-refractivity contribution is 0.254. The summed E-state index contributed by atoms with van der Waals surface area (Å²) in [7, 11) is 1.93. The fourth-order valence-electron chi connectivity index (χ4n) is 2.59. The SMILES string of the molecule is CNC1CCC(N(C)S(=O)(=O)c2cn(C)cn2)CC1. The third-order valence-corrected chi connectivity index (χ3v) is 5.74. The first-order valence-corrected chi connectivity index (χ1v) is 8.02. The maximum absolute atomic E-state index is 12.4. The molecular weight excluding hydrogens is 264 g/mol. The topological polar surface area (TPSA) is 67.2 Å². The molecular formula is C12H22N4O2S. The summed E-state index contributed by atoms with van der Waals surface area (Å²) in [4.78, 5) is 3.96. The van der Waals surface area contributed by atoms with Gasteiger partial charge in [0, 0.05) is 32.4 Å². The molecule has 0 saturated heterocycles. The van der Waals surface area contributed by atoms with E-state index in [1.807, 2.05) is 7.05 Å². The number of sulfonamides is 1. The van der Waals surface area contributed by atoms with Crippen LogP contribution in [0, 0.1) is 0 Å². The van der Waals surface area contributed by atoms with Gasteiger partial charge in [0.15, 0.2) is 5.03 Å². The molecule has 0 aromatic carbocycles. The molecule has 1 N–H and O–H groups in total. The summed E-state index contributed by atoms with van der Waals surface area (Å²) in [5, 5.41) is 3.39. The first kappa shape index (κ1) is 14.5. The van der Waals surface area contributed by atoms with Crippen LogP contribution < -0.4 is 5.32 Å². The van der Waals surface area contributed by atoms with Gasteiger partial charge in [-0.15, -0.1) is 0 Å². The van der Waals surface area contributed by atoms with Gasteiger partial charge in [-0.2, -0.15) is 4.31 Å². The molecule has 0 aliphatic heterocycles. The molecule has 1 aliphatic carbocycles. The van der Waals surface area contributed by atoms with E-state index in [4.69, 9.17) is 0 Å². The number of rotatable bonds is 4. The monoisotopic (exact) mass is 286 g/mol. The number of aromatic nitrogens is 2. The molecule has 0 unspecified atom stereocenters. The van der Waals surface area contributed by atoms with Crippen LogP contribution in [-0.4, -0.2) is 48.5 Å². The van der Waals surface area contributed by atoms with Crippen molar-refractivity contribution in [3.05, 3.63) is 12.5 Å². The summed E-state index contributed by atoms with van der Waals surface area (Å²) in [6.07, 6.45) is 6.89. The van der Waals surface area contributed by atoms with E-state index >= 15 is 0 Å². The minimum absolute atomic E-state index is 0.0802. The van der Waals surface area contributed by atoms with E-state index in [1.165, 1.54) is 10.6 Å². The van der Waals surface area contributed by atoms with Crippen LogP contribution in [0.15, 0.2) is 17.6 Å². The van der Waals surface area contributed by atoms with E-state index in [2.05, 4.69) is 10.3 Å². The van der Waals surface area contributed by atoms with E-state index in [9.17, 15) is 8.42 Å². The minimum atomic E-state index is -3.46. The number of nitrogens with one attached hydrogen (secondary N) is 1. The van der Waals surface area contributed by atoms with E-state index in [0.29, 0.717) is 6.04 Å². The summed E-state index contributed by atoms with van der Waals surface area (Å²) in [5.74, 6) is 0. The lowest BCUT2D eigenvalue weighted by Crippen LogP contribution is -2.42. The Hall–Kier alpha value is -0.920. The van der Waals surface area contributed by atoms with Gasteiger partial charge in [0.2, 0.25) is 0 Å². The molecule has 2 rings (SSSR count). The maximum Gasteiger partial charge on any atom is 0.262 e. The predicted molar refractivity (Wildman–Crippen MR) is 73.3 cm³/mol. The van der Waals surface area contributed by atoms with Crippen LogP contribution in [-0.2, 0) is 17.1 Å². The van der Waals surface area contributed by atoms with E-state index < -0.39 is 10.0 Å². The Labute approximate surface area is 114 Å². The van der Waals surface area contributed by atoms with Crippen LogP contribution in [0.1, 0.15) is 25.7 Å². The van der Waals surface area contributed by atoms with Crippen LogP contribution in [0.5, 0.6) is 0 Å². The Morgan fingerprint density at radius 1 is 1.37 bits per heavy atom. The Kier molecular flexibility index (Phi) is 4.27. The second-order valence-electron chi connectivity index (χ2n) is 5.19. The molecule has 108 valence electrons. The molecule has 1 aliphatic rings. The average Bonchev–Trinajstić information content (AvgIpc) is 2.85. The van der Waals surface area contributed by atoms with Crippen LogP contribution in [0.2, 0.25) is 0 Å². The molecule has 0 spiro atoms. The molecule has 0 radical (unpaired) electrons. The predicted octanol–water partition coefficient (Wildman–Crippen LogP) is 0.571. The Balaban J connectivity index is 2.09. The number of imidazole rings is 1. The second-order valence-corrected chi connectivity index (χ2v) is 7.14. The van der Waals surface area contributed by atoms with Gasteiger partial charge >= 0.3 is 0 Å². The lowest BCUT2D eigenvalue weighted by Gasteiger charge is -2.33. The molecule has 7 heteroatoms. The normalized spacial score (nSPS) is 24.8. The van der Waals surface area contributed by atoms with Crippen molar-refractivity contribution < 1.29 is 8.42 Å². The second kappa shape index (κ2) is 5.60. The molecule has 1 saturated carbocycles. The summed E-state index contributed by atoms with van der Waals surface area (Å²) in [6, 6.07) is 0.596. The van der Waals surface area contributed by atoms with Crippen LogP contribution in [0.4, 0.5) is 0 Å². The Morgan fingerprint density at radius 3 is 2.47 bits per heavy atom. The van der Waals surface area contributed by atoms with Crippen molar-refractivity contribution in [2.75, 3.05) is 14.1 Å². The largest absolute Gasteiger partial charge is 0.339 e. The lowest BCUT2D eigenvalue weighted by atomic mass is 9.91. The molecule has 1 aromatic rings. The maximum atomic E-state index is 12.4. The quantitative estimate of drug-likeness (QED) is 0.879. The van der Waals surface area contributed by atoms with E-state index in [0.717, 1.165) is 25.7 Å². The highest BCUT2D eigenvalue weighted by molar-refractivity contribution is 7.89. The Bertz CT molecular complexity index is 518. The Morgan fingerprint density at radius 2 is 2.00 bits per heavy atom. The van der Waals surface area contributed by atoms with Gasteiger partial charge in [0.1, 0.15) is 0 Å². The van der Waals surface area contributed by atoms with Crippen molar-refractivity contribution in [1.29, 1.82) is 0 Å². The van der Waals surface area contributed by atoms with Crippen LogP contribution in [0.25, 0.3) is 0 Å². The summed E-state index contributed by atoms with van der Waals surface area (Å²) < 4.78 is 28.0. The van der Waals surface area contributed by atoms with Crippen molar-refractivity contribution in [1.82, 2.24) is 19.2 Å². The molecule has 6 nitrogen and oxygen atoms in total. The third kappa shape index (κ3) is 2.98. The smallest absolute Gasteiger partial charge is 0.262 e. The molecule has 1 fully saturated rings. The molecule has 0 bridgehead atoms. The fourth-order valence-corrected chi connectivity index (χ4v) is 3.97. The number of hydrogen-bond acceptors (Lipinski definition) is 4. The van der Waals surface area contributed by atoms with Gasteiger partial charge in [-0.1, -0.05) is 0 Å². The van der Waals surface area contributed by atoms with Gasteiger partial charge in [-0.25, -0.2) is 13.4 Å². The van der Waals surface area contributed by atoms with Gasteiger partial charge in [0.05, 0.1) is 6.33 Å².